The molecule has 0 saturated heterocycles. The molecule has 0 atom stereocenters. The molecule has 1 heterocycles. The van der Waals surface area contributed by atoms with Crippen LogP contribution in [-0.4, -0.2) is 29.0 Å². The molecule has 104 valence electrons. The van der Waals surface area contributed by atoms with Gasteiger partial charge < -0.3 is 4.74 Å². The Hall–Kier alpha value is -2.63. The van der Waals surface area contributed by atoms with E-state index in [9.17, 15) is 4.79 Å². The van der Waals surface area contributed by atoms with Gasteiger partial charge in [0, 0.05) is 5.69 Å². The second-order valence-electron chi connectivity index (χ2n) is 4.07. The van der Waals surface area contributed by atoms with E-state index in [0.29, 0.717) is 23.7 Å². The van der Waals surface area contributed by atoms with Crippen LogP contribution in [0.3, 0.4) is 0 Å². The van der Waals surface area contributed by atoms with E-state index in [0.717, 1.165) is 5.56 Å². The van der Waals surface area contributed by atoms with Gasteiger partial charge in [0.2, 0.25) is 0 Å². The predicted octanol–water partition coefficient (Wildman–Crippen LogP) is 2.34. The number of aromatic amines is 1. The van der Waals surface area contributed by atoms with Crippen LogP contribution in [-0.2, 0) is 4.74 Å². The highest BCUT2D eigenvalue weighted by atomic mass is 16.5. The van der Waals surface area contributed by atoms with Crippen molar-refractivity contribution >= 4 is 18.0 Å². The first-order valence-corrected chi connectivity index (χ1v) is 6.28. The molecule has 6 heteroatoms. The fourth-order valence-corrected chi connectivity index (χ4v) is 1.67. The zero-order valence-electron chi connectivity index (χ0n) is 11.4. The third-order valence-corrected chi connectivity index (χ3v) is 2.61. The van der Waals surface area contributed by atoms with Crippen LogP contribution in [0, 0.1) is 6.92 Å². The van der Waals surface area contributed by atoms with E-state index >= 15 is 0 Å². The zero-order chi connectivity index (χ0) is 14.4. The summed E-state index contributed by atoms with van der Waals surface area (Å²) in [4.78, 5) is 11.8. The van der Waals surface area contributed by atoms with Gasteiger partial charge in [-0.05, 0) is 19.4 Å². The molecule has 0 unspecified atom stereocenters. The van der Waals surface area contributed by atoms with Gasteiger partial charge >= 0.3 is 5.97 Å². The van der Waals surface area contributed by atoms with Crippen molar-refractivity contribution in [1.29, 1.82) is 0 Å². The van der Waals surface area contributed by atoms with Gasteiger partial charge in [-0.3, -0.25) is 10.5 Å². The highest BCUT2D eigenvalue weighted by molar-refractivity contribution is 5.96. The standard InChI is InChI=1S/C14H16N4O2/c1-3-20-14(19)12-10(2)16-18-13(12)17-15-9-11-7-5-4-6-8-11/h4-9H,3H2,1-2H3,(H2,16,17,18). The maximum Gasteiger partial charge on any atom is 0.343 e. The number of nitrogens with zero attached hydrogens (tertiary/aromatic N) is 2. The molecule has 1 aromatic carbocycles. The van der Waals surface area contributed by atoms with Gasteiger partial charge in [0.1, 0.15) is 5.56 Å². The topological polar surface area (TPSA) is 79.4 Å². The van der Waals surface area contributed by atoms with E-state index < -0.39 is 5.97 Å². The molecule has 0 spiro atoms. The first-order chi connectivity index (χ1) is 9.72. The monoisotopic (exact) mass is 272 g/mol. The summed E-state index contributed by atoms with van der Waals surface area (Å²) in [5, 5.41) is 10.8. The van der Waals surface area contributed by atoms with Gasteiger partial charge in [-0.15, -0.1) is 0 Å². The van der Waals surface area contributed by atoms with Crippen molar-refractivity contribution in [2.24, 2.45) is 5.10 Å². The number of hydrazone groups is 1. The quantitative estimate of drug-likeness (QED) is 0.497. The first kappa shape index (κ1) is 13.8. The minimum atomic E-state index is -0.420. The van der Waals surface area contributed by atoms with Crippen LogP contribution in [0.15, 0.2) is 35.4 Å². The lowest BCUT2D eigenvalue weighted by molar-refractivity contribution is 0.0526. The number of carbonyl (C=O) groups is 1. The van der Waals surface area contributed by atoms with E-state index in [1.165, 1.54) is 0 Å². The minimum Gasteiger partial charge on any atom is -0.462 e. The molecular formula is C14H16N4O2. The van der Waals surface area contributed by atoms with Gasteiger partial charge in [-0.1, -0.05) is 30.3 Å². The summed E-state index contributed by atoms with van der Waals surface area (Å²) in [6.07, 6.45) is 1.65. The minimum absolute atomic E-state index is 0.316. The Labute approximate surface area is 116 Å². The van der Waals surface area contributed by atoms with Crippen molar-refractivity contribution in [3.05, 3.63) is 47.2 Å². The fourth-order valence-electron chi connectivity index (χ4n) is 1.67. The number of anilines is 1. The van der Waals surface area contributed by atoms with Gasteiger partial charge in [-0.2, -0.15) is 10.2 Å². The van der Waals surface area contributed by atoms with Gasteiger partial charge in [0.25, 0.3) is 0 Å². The van der Waals surface area contributed by atoms with Crippen LogP contribution >= 0.6 is 0 Å². The van der Waals surface area contributed by atoms with Crippen LogP contribution in [0.25, 0.3) is 0 Å². The molecule has 0 fully saturated rings. The maximum absolute atomic E-state index is 11.8. The Morgan fingerprint density at radius 1 is 1.45 bits per heavy atom. The van der Waals surface area contributed by atoms with Crippen molar-refractivity contribution in [2.45, 2.75) is 13.8 Å². The highest BCUT2D eigenvalue weighted by Crippen LogP contribution is 2.17. The number of H-pyrrole nitrogens is 1. The van der Waals surface area contributed by atoms with Crippen molar-refractivity contribution < 1.29 is 9.53 Å². The highest BCUT2D eigenvalue weighted by Gasteiger charge is 2.18. The molecule has 0 aliphatic carbocycles. The molecule has 0 amide bonds. The van der Waals surface area contributed by atoms with Crippen LogP contribution < -0.4 is 5.43 Å². The number of esters is 1. The largest absolute Gasteiger partial charge is 0.462 e. The molecule has 2 aromatic rings. The summed E-state index contributed by atoms with van der Waals surface area (Å²) in [7, 11) is 0. The van der Waals surface area contributed by atoms with E-state index in [1.54, 1.807) is 20.1 Å². The lowest BCUT2D eigenvalue weighted by Gasteiger charge is -2.02. The molecule has 1 aromatic heterocycles. The van der Waals surface area contributed by atoms with Crippen molar-refractivity contribution in [1.82, 2.24) is 10.2 Å². The number of ether oxygens (including phenoxy) is 1. The van der Waals surface area contributed by atoms with Crippen LogP contribution in [0.4, 0.5) is 5.82 Å². The Morgan fingerprint density at radius 2 is 2.20 bits per heavy atom. The van der Waals surface area contributed by atoms with Gasteiger partial charge in [-0.25, -0.2) is 4.79 Å². The number of hydrogen-bond donors (Lipinski definition) is 2. The Kier molecular flexibility index (Phi) is 4.49. The number of rotatable bonds is 5. The number of aryl methyl sites for hydroxylation is 1. The Balaban J connectivity index is 2.10. The Bertz CT molecular complexity index is 605. The second-order valence-corrected chi connectivity index (χ2v) is 4.07. The van der Waals surface area contributed by atoms with E-state index in [-0.39, 0.29) is 0 Å². The van der Waals surface area contributed by atoms with E-state index in [4.69, 9.17) is 4.74 Å². The number of aromatic nitrogens is 2. The average molecular weight is 272 g/mol. The predicted molar refractivity (Wildman–Crippen MR) is 76.9 cm³/mol. The number of benzene rings is 1. The molecule has 6 nitrogen and oxygen atoms in total. The SMILES string of the molecule is CCOC(=O)c1c(NN=Cc2ccccc2)n[nH]c1C. The normalized spacial score (nSPS) is 10.7. The summed E-state index contributed by atoms with van der Waals surface area (Å²) in [6.45, 7) is 3.83. The van der Waals surface area contributed by atoms with Crippen molar-refractivity contribution in [3.63, 3.8) is 0 Å². The molecule has 0 aliphatic heterocycles. The van der Waals surface area contributed by atoms with E-state index in [1.807, 2.05) is 30.3 Å². The van der Waals surface area contributed by atoms with E-state index in [2.05, 4.69) is 20.7 Å². The molecule has 0 aliphatic rings. The molecule has 0 radical (unpaired) electrons. The van der Waals surface area contributed by atoms with Crippen molar-refractivity contribution in [2.75, 3.05) is 12.0 Å². The number of nitrogens with one attached hydrogen (secondary N) is 2. The van der Waals surface area contributed by atoms with Gasteiger partial charge in [0.05, 0.1) is 12.8 Å². The molecule has 0 saturated carbocycles. The number of carbonyl (C=O) groups excluding carboxylic acids is 1. The molecule has 0 bridgehead atoms. The lowest BCUT2D eigenvalue weighted by Crippen LogP contribution is -2.08. The lowest BCUT2D eigenvalue weighted by atomic mass is 10.2. The average Bonchev–Trinajstić information content (AvgIpc) is 2.81. The van der Waals surface area contributed by atoms with Gasteiger partial charge in [0.15, 0.2) is 5.82 Å². The fraction of sp³-hybridized carbons (Fsp3) is 0.214. The summed E-state index contributed by atoms with van der Waals surface area (Å²) >= 11 is 0. The molecular weight excluding hydrogens is 256 g/mol. The maximum atomic E-state index is 11.8. The zero-order valence-corrected chi connectivity index (χ0v) is 11.4. The summed E-state index contributed by atoms with van der Waals surface area (Å²) in [6, 6.07) is 9.62. The molecule has 2 rings (SSSR count). The summed E-state index contributed by atoms with van der Waals surface area (Å²) in [5.41, 5.74) is 4.71. The molecule has 20 heavy (non-hydrogen) atoms. The first-order valence-electron chi connectivity index (χ1n) is 6.28. The second kappa shape index (κ2) is 6.51. The van der Waals surface area contributed by atoms with Crippen molar-refractivity contribution in [3.8, 4) is 0 Å². The van der Waals surface area contributed by atoms with Crippen LogP contribution in [0.1, 0.15) is 28.5 Å². The summed E-state index contributed by atoms with van der Waals surface area (Å²) in [5.74, 6) is -0.0655. The Morgan fingerprint density at radius 3 is 2.90 bits per heavy atom. The third-order valence-electron chi connectivity index (χ3n) is 2.61. The van der Waals surface area contributed by atoms with Crippen LogP contribution in [0.5, 0.6) is 0 Å². The number of hydrogen-bond acceptors (Lipinski definition) is 5. The molecule has 2 N–H and O–H groups in total. The summed E-state index contributed by atoms with van der Waals surface area (Å²) < 4.78 is 4.98. The van der Waals surface area contributed by atoms with Crippen LogP contribution in [0.2, 0.25) is 0 Å². The smallest absolute Gasteiger partial charge is 0.343 e. The third kappa shape index (κ3) is 3.23.